The molecule has 1 aliphatic rings. The monoisotopic (exact) mass is 395 g/mol. The zero-order chi connectivity index (χ0) is 21.0. The summed E-state index contributed by atoms with van der Waals surface area (Å²) >= 11 is 0. The van der Waals surface area contributed by atoms with E-state index in [0.717, 1.165) is 5.01 Å². The van der Waals surface area contributed by atoms with Gasteiger partial charge in [0.1, 0.15) is 0 Å². The van der Waals surface area contributed by atoms with Crippen molar-refractivity contribution in [3.63, 3.8) is 0 Å². The fourth-order valence-corrected chi connectivity index (χ4v) is 2.83. The first kappa shape index (κ1) is 20.1. The molecule has 1 atom stereocenters. The molecule has 0 bridgehead atoms. The van der Waals surface area contributed by atoms with E-state index < -0.39 is 12.1 Å². The number of amides is 3. The smallest absolute Gasteiger partial charge is 0.339 e. The lowest BCUT2D eigenvalue weighted by atomic mass is 10.1. The molecule has 1 N–H and O–H groups in total. The summed E-state index contributed by atoms with van der Waals surface area (Å²) in [6.45, 7) is 0. The van der Waals surface area contributed by atoms with Crippen LogP contribution < -0.4 is 10.4 Å². The van der Waals surface area contributed by atoms with Crippen molar-refractivity contribution in [3.05, 3.63) is 65.7 Å². The molecule has 1 fully saturated rings. The molecule has 0 aromatic heterocycles. The number of esters is 1. The first-order valence-electron chi connectivity index (χ1n) is 9.06. The summed E-state index contributed by atoms with van der Waals surface area (Å²) in [7, 11) is 3.18. The Morgan fingerprint density at radius 1 is 1.00 bits per heavy atom. The van der Waals surface area contributed by atoms with Crippen LogP contribution in [0.1, 0.15) is 34.9 Å². The summed E-state index contributed by atoms with van der Waals surface area (Å²) in [6.07, 6.45) is -0.789. The van der Waals surface area contributed by atoms with E-state index in [1.54, 1.807) is 38.4 Å². The van der Waals surface area contributed by atoms with Crippen molar-refractivity contribution in [2.24, 2.45) is 0 Å². The number of hydrazine groups is 1. The van der Waals surface area contributed by atoms with Crippen LogP contribution >= 0.6 is 0 Å². The Morgan fingerprint density at radius 2 is 1.66 bits per heavy atom. The fraction of sp³-hybridized carbons (Fsp3) is 0.238. The maximum absolute atomic E-state index is 12.6. The minimum Gasteiger partial charge on any atom is -0.444 e. The molecule has 1 saturated heterocycles. The number of likely N-dealkylation sites (N-methyl/N-ethyl adjacent to an activating group) is 1. The van der Waals surface area contributed by atoms with Gasteiger partial charge < -0.3 is 9.64 Å². The molecule has 0 radical (unpaired) electrons. The summed E-state index contributed by atoms with van der Waals surface area (Å²) in [5, 5.41) is 1.16. The standard InChI is InChI=1S/C21H21N3O5/c1-23(2)20(27)19(14-6-4-3-5-7-14)29-21(28)15-8-10-16(11-9-15)24-18(26)13-12-17(25)22-24/h3-11,19H,12-13H2,1-2H3,(H,22,25). The Bertz CT molecular complexity index is 925. The highest BCUT2D eigenvalue weighted by Gasteiger charge is 2.28. The van der Waals surface area contributed by atoms with E-state index >= 15 is 0 Å². The van der Waals surface area contributed by atoms with Crippen molar-refractivity contribution in [2.75, 3.05) is 19.1 Å². The number of carbonyl (C=O) groups is 4. The molecular formula is C21H21N3O5. The molecule has 3 rings (SSSR count). The van der Waals surface area contributed by atoms with Gasteiger partial charge in [0.05, 0.1) is 11.3 Å². The van der Waals surface area contributed by atoms with E-state index in [1.807, 2.05) is 6.07 Å². The van der Waals surface area contributed by atoms with Crippen molar-refractivity contribution in [1.29, 1.82) is 0 Å². The van der Waals surface area contributed by atoms with Crippen LogP contribution in [-0.4, -0.2) is 42.7 Å². The number of nitrogens with one attached hydrogen (secondary N) is 1. The van der Waals surface area contributed by atoms with Gasteiger partial charge in [0.2, 0.25) is 17.9 Å². The highest BCUT2D eigenvalue weighted by Crippen LogP contribution is 2.23. The van der Waals surface area contributed by atoms with E-state index in [2.05, 4.69) is 5.43 Å². The van der Waals surface area contributed by atoms with E-state index in [4.69, 9.17) is 4.74 Å². The molecule has 1 heterocycles. The molecule has 0 spiro atoms. The Balaban J connectivity index is 1.77. The molecule has 0 saturated carbocycles. The van der Waals surface area contributed by atoms with Crippen molar-refractivity contribution < 1.29 is 23.9 Å². The van der Waals surface area contributed by atoms with Crippen LogP contribution in [0.2, 0.25) is 0 Å². The second-order valence-corrected chi connectivity index (χ2v) is 6.74. The number of nitrogens with zero attached hydrogens (tertiary/aromatic N) is 2. The predicted octanol–water partition coefficient (Wildman–Crippen LogP) is 1.83. The number of carbonyl (C=O) groups excluding carboxylic acids is 4. The lowest BCUT2D eigenvalue weighted by Crippen LogP contribution is -2.50. The van der Waals surface area contributed by atoms with E-state index in [-0.39, 0.29) is 36.1 Å². The maximum Gasteiger partial charge on any atom is 0.339 e. The number of anilines is 1. The summed E-state index contributed by atoms with van der Waals surface area (Å²) in [4.78, 5) is 50.0. The molecular weight excluding hydrogens is 374 g/mol. The Kier molecular flexibility index (Phi) is 5.92. The molecule has 29 heavy (non-hydrogen) atoms. The topological polar surface area (TPSA) is 96.0 Å². The third-order valence-corrected chi connectivity index (χ3v) is 4.41. The van der Waals surface area contributed by atoms with Crippen LogP contribution in [0.4, 0.5) is 5.69 Å². The maximum atomic E-state index is 12.6. The average Bonchev–Trinajstić information content (AvgIpc) is 2.73. The fourth-order valence-electron chi connectivity index (χ4n) is 2.83. The summed E-state index contributed by atoms with van der Waals surface area (Å²) < 4.78 is 5.49. The van der Waals surface area contributed by atoms with Gasteiger partial charge in [-0.15, -0.1) is 0 Å². The van der Waals surface area contributed by atoms with E-state index in [9.17, 15) is 19.2 Å². The van der Waals surface area contributed by atoms with E-state index in [1.165, 1.54) is 29.2 Å². The molecule has 2 aromatic rings. The van der Waals surface area contributed by atoms with Crippen molar-refractivity contribution in [3.8, 4) is 0 Å². The zero-order valence-corrected chi connectivity index (χ0v) is 16.1. The predicted molar refractivity (Wildman–Crippen MR) is 105 cm³/mol. The highest BCUT2D eigenvalue weighted by atomic mass is 16.5. The first-order chi connectivity index (χ1) is 13.9. The lowest BCUT2D eigenvalue weighted by Gasteiger charge is -2.27. The Labute approximate surface area is 168 Å². The molecule has 1 unspecified atom stereocenters. The molecule has 0 aliphatic carbocycles. The Hall–Kier alpha value is -3.68. The van der Waals surface area contributed by atoms with Gasteiger partial charge in [-0.2, -0.15) is 0 Å². The molecule has 150 valence electrons. The molecule has 8 heteroatoms. The van der Waals surface area contributed by atoms with Crippen molar-refractivity contribution >= 4 is 29.4 Å². The van der Waals surface area contributed by atoms with Gasteiger partial charge in [0.25, 0.3) is 5.91 Å². The van der Waals surface area contributed by atoms with Crippen LogP contribution in [0, 0.1) is 0 Å². The number of rotatable bonds is 5. The van der Waals surface area contributed by atoms with Gasteiger partial charge in [0, 0.05) is 32.5 Å². The number of hydrogen-bond donors (Lipinski definition) is 1. The van der Waals surface area contributed by atoms with Crippen LogP contribution in [0.3, 0.4) is 0 Å². The third-order valence-electron chi connectivity index (χ3n) is 4.41. The molecule has 1 aliphatic heterocycles. The number of hydrogen-bond acceptors (Lipinski definition) is 5. The van der Waals surface area contributed by atoms with Gasteiger partial charge in [-0.3, -0.25) is 19.8 Å². The normalized spacial score (nSPS) is 14.8. The van der Waals surface area contributed by atoms with Gasteiger partial charge >= 0.3 is 5.97 Å². The molecule has 8 nitrogen and oxygen atoms in total. The molecule has 2 aromatic carbocycles. The zero-order valence-electron chi connectivity index (χ0n) is 16.1. The summed E-state index contributed by atoms with van der Waals surface area (Å²) in [5.74, 6) is -1.51. The first-order valence-corrected chi connectivity index (χ1v) is 9.06. The SMILES string of the molecule is CN(C)C(=O)C(OC(=O)c1ccc(N2NC(=O)CCC2=O)cc1)c1ccccc1. The number of benzene rings is 2. The molecule has 3 amide bonds. The van der Waals surface area contributed by atoms with Gasteiger partial charge in [-0.05, 0) is 24.3 Å². The van der Waals surface area contributed by atoms with Crippen LogP contribution in [0.25, 0.3) is 0 Å². The van der Waals surface area contributed by atoms with Gasteiger partial charge in [-0.25, -0.2) is 9.80 Å². The highest BCUT2D eigenvalue weighted by molar-refractivity contribution is 6.01. The van der Waals surface area contributed by atoms with Gasteiger partial charge in [-0.1, -0.05) is 30.3 Å². The largest absolute Gasteiger partial charge is 0.444 e. The van der Waals surface area contributed by atoms with Crippen LogP contribution in [0.15, 0.2) is 54.6 Å². The van der Waals surface area contributed by atoms with Gasteiger partial charge in [0.15, 0.2) is 0 Å². The summed E-state index contributed by atoms with van der Waals surface area (Å²) in [5.41, 5.74) is 3.71. The quantitative estimate of drug-likeness (QED) is 0.780. The minimum absolute atomic E-state index is 0.126. The van der Waals surface area contributed by atoms with Crippen molar-refractivity contribution in [2.45, 2.75) is 18.9 Å². The summed E-state index contributed by atoms with van der Waals surface area (Å²) in [6, 6.07) is 14.8. The van der Waals surface area contributed by atoms with E-state index in [0.29, 0.717) is 11.3 Å². The number of ether oxygens (including phenoxy) is 1. The van der Waals surface area contributed by atoms with Crippen LogP contribution in [0.5, 0.6) is 0 Å². The second kappa shape index (κ2) is 8.55. The lowest BCUT2D eigenvalue weighted by molar-refractivity contribution is -0.138. The minimum atomic E-state index is -1.07. The van der Waals surface area contributed by atoms with Crippen molar-refractivity contribution in [1.82, 2.24) is 10.3 Å². The van der Waals surface area contributed by atoms with Crippen LogP contribution in [-0.2, 0) is 19.1 Å². The average molecular weight is 395 g/mol. The second-order valence-electron chi connectivity index (χ2n) is 6.74. The Morgan fingerprint density at radius 3 is 2.28 bits per heavy atom. The third kappa shape index (κ3) is 4.60.